The lowest BCUT2D eigenvalue weighted by Gasteiger charge is -2.09. The van der Waals surface area contributed by atoms with Gasteiger partial charge >= 0.3 is 13.8 Å². The Hall–Kier alpha value is -3.84. The van der Waals surface area contributed by atoms with E-state index in [4.69, 9.17) is 25.8 Å². The monoisotopic (exact) mass is 464 g/mol. The molecule has 0 fully saturated rings. The number of hydrogen-bond acceptors (Lipinski definition) is 9. The highest BCUT2D eigenvalue weighted by Crippen LogP contribution is 2.39. The fourth-order valence-electron chi connectivity index (χ4n) is 3.04. The van der Waals surface area contributed by atoms with Crippen LogP contribution in [0.25, 0.3) is 33.4 Å². The van der Waals surface area contributed by atoms with Crippen molar-refractivity contribution in [1.82, 2.24) is 19.9 Å². The van der Waals surface area contributed by atoms with E-state index < -0.39 is 26.3 Å². The predicted molar refractivity (Wildman–Crippen MR) is 107 cm³/mol. The van der Waals surface area contributed by atoms with Crippen LogP contribution >= 0.6 is 7.82 Å². The molecule has 0 radical (unpaired) electrons. The predicted octanol–water partition coefficient (Wildman–Crippen LogP) is 1.82. The molecule has 32 heavy (non-hydrogen) atoms. The maximum atomic E-state index is 14.7. The highest BCUT2D eigenvalue weighted by molar-refractivity contribution is 7.46. The van der Waals surface area contributed by atoms with Gasteiger partial charge in [-0.1, -0.05) is 5.16 Å². The quantitative estimate of drug-likeness (QED) is 0.204. The van der Waals surface area contributed by atoms with E-state index in [1.807, 2.05) is 0 Å². The summed E-state index contributed by atoms with van der Waals surface area (Å²) >= 11 is 0. The molecule has 15 heteroatoms. The lowest BCUT2D eigenvalue weighted by atomic mass is 10.0. The molecule has 0 spiro atoms. The summed E-state index contributed by atoms with van der Waals surface area (Å²) in [5.41, 5.74) is 11.6. The van der Waals surface area contributed by atoms with Crippen molar-refractivity contribution >= 4 is 36.3 Å². The first-order chi connectivity index (χ1) is 15.0. The number of carboxylic acids is 1. The van der Waals surface area contributed by atoms with E-state index in [0.29, 0.717) is 11.1 Å². The number of halogens is 1. The molecule has 3 aromatic heterocycles. The van der Waals surface area contributed by atoms with Crippen LogP contribution < -0.4 is 11.5 Å². The third kappa shape index (κ3) is 3.90. The molecule has 3 heterocycles. The number of carboxylic acid groups (broad SMARTS) is 1. The van der Waals surface area contributed by atoms with Crippen molar-refractivity contribution in [2.24, 2.45) is 0 Å². The number of hydrogen-bond donors (Lipinski definition) is 5. The second-order valence-electron chi connectivity index (χ2n) is 6.53. The van der Waals surface area contributed by atoms with Gasteiger partial charge in [0.1, 0.15) is 5.82 Å². The summed E-state index contributed by atoms with van der Waals surface area (Å²) in [5, 5.41) is 17.1. The molecule has 0 saturated carbocycles. The first-order valence-electron chi connectivity index (χ1n) is 8.64. The number of phosphoric ester groups is 1. The van der Waals surface area contributed by atoms with Crippen molar-refractivity contribution in [3.8, 4) is 22.4 Å². The second kappa shape index (κ2) is 7.69. The summed E-state index contributed by atoms with van der Waals surface area (Å²) in [6.07, 6.45) is 4.06. The molecule has 4 aromatic rings. The molecule has 1 aromatic carbocycles. The van der Waals surface area contributed by atoms with Crippen LogP contribution in [-0.2, 0) is 15.8 Å². The summed E-state index contributed by atoms with van der Waals surface area (Å²) in [6, 6.07) is 1.91. The van der Waals surface area contributed by atoms with Crippen LogP contribution in [-0.4, -0.2) is 40.8 Å². The molecule has 166 valence electrons. The number of phosphoric acid groups is 1. The van der Waals surface area contributed by atoms with Gasteiger partial charge in [0.05, 0.1) is 22.8 Å². The van der Waals surface area contributed by atoms with Crippen molar-refractivity contribution in [2.75, 3.05) is 11.5 Å². The maximum Gasteiger partial charge on any atom is 0.471 e. The number of benzene rings is 1. The number of nitrogens with two attached hydrogens (primary N) is 2. The largest absolute Gasteiger partial charge is 0.478 e. The lowest BCUT2D eigenvalue weighted by Crippen LogP contribution is -2.04. The highest BCUT2D eigenvalue weighted by Gasteiger charge is 2.23. The molecule has 0 atom stereocenters. The summed E-state index contributed by atoms with van der Waals surface area (Å²) < 4.78 is 36.3. The van der Waals surface area contributed by atoms with Crippen molar-refractivity contribution in [2.45, 2.75) is 6.73 Å². The maximum absolute atomic E-state index is 14.7. The number of aromatic nitrogens is 4. The average Bonchev–Trinajstić information content (AvgIpc) is 3.33. The van der Waals surface area contributed by atoms with Gasteiger partial charge < -0.3 is 30.9 Å². The molecule has 0 amide bonds. The number of nitrogens with zero attached hydrogens (tertiary/aromatic N) is 4. The number of rotatable bonds is 6. The summed E-state index contributed by atoms with van der Waals surface area (Å²) in [5.74, 6) is -2.29. The SMILES string of the molecule is Nc1cc(F)c(-c2ncc(-c3cnn(COP(=O)(O)O)c3)c3onc(N)c23)cc1C(=O)O. The van der Waals surface area contributed by atoms with Gasteiger partial charge in [0, 0.05) is 34.8 Å². The van der Waals surface area contributed by atoms with Gasteiger partial charge in [0.2, 0.25) is 0 Å². The van der Waals surface area contributed by atoms with Crippen molar-refractivity contribution in [1.29, 1.82) is 0 Å². The Morgan fingerprint density at radius 2 is 2.00 bits per heavy atom. The Kier molecular flexibility index (Phi) is 5.14. The molecule has 4 rings (SSSR count). The number of carbonyl (C=O) groups is 1. The van der Waals surface area contributed by atoms with Crippen LogP contribution in [0.1, 0.15) is 10.4 Å². The Balaban J connectivity index is 1.83. The van der Waals surface area contributed by atoms with E-state index in [0.717, 1.165) is 16.8 Å². The van der Waals surface area contributed by atoms with Gasteiger partial charge in [-0.05, 0) is 12.1 Å². The number of pyridine rings is 1. The molecular formula is C17H14FN6O7P. The zero-order valence-corrected chi connectivity index (χ0v) is 16.7. The third-order valence-corrected chi connectivity index (χ3v) is 4.90. The second-order valence-corrected chi connectivity index (χ2v) is 7.77. The smallest absolute Gasteiger partial charge is 0.471 e. The zero-order chi connectivity index (χ0) is 23.2. The van der Waals surface area contributed by atoms with Gasteiger partial charge in [-0.25, -0.2) is 18.4 Å². The van der Waals surface area contributed by atoms with Crippen LogP contribution in [0.15, 0.2) is 35.2 Å². The Bertz CT molecular complexity index is 1410. The fraction of sp³-hybridized carbons (Fsp3) is 0.0588. The summed E-state index contributed by atoms with van der Waals surface area (Å²) in [4.78, 5) is 33.2. The summed E-state index contributed by atoms with van der Waals surface area (Å²) in [6.45, 7) is -0.522. The number of nitrogen functional groups attached to an aromatic ring is 2. The first-order valence-corrected chi connectivity index (χ1v) is 10.2. The topological polar surface area (TPSA) is 213 Å². The van der Waals surface area contributed by atoms with E-state index in [1.165, 1.54) is 18.6 Å². The number of fused-ring (bicyclic) bond motifs is 1. The zero-order valence-electron chi connectivity index (χ0n) is 15.8. The Labute approximate surface area is 177 Å². The molecule has 0 saturated heterocycles. The van der Waals surface area contributed by atoms with Gasteiger partial charge in [-0.3, -0.25) is 9.51 Å². The third-order valence-electron chi connectivity index (χ3n) is 4.45. The highest BCUT2D eigenvalue weighted by atomic mass is 31.2. The van der Waals surface area contributed by atoms with Crippen LogP contribution in [0.2, 0.25) is 0 Å². The Morgan fingerprint density at radius 3 is 2.69 bits per heavy atom. The molecule has 0 aliphatic rings. The number of aromatic carboxylic acids is 1. The minimum Gasteiger partial charge on any atom is -0.478 e. The van der Waals surface area contributed by atoms with E-state index in [2.05, 4.69) is 19.8 Å². The molecule has 0 aliphatic carbocycles. The van der Waals surface area contributed by atoms with Crippen molar-refractivity contribution in [3.63, 3.8) is 0 Å². The summed E-state index contributed by atoms with van der Waals surface area (Å²) in [7, 11) is -4.69. The first kappa shape index (κ1) is 21.4. The van der Waals surface area contributed by atoms with Crippen LogP contribution in [0.4, 0.5) is 15.9 Å². The molecule has 13 nitrogen and oxygen atoms in total. The van der Waals surface area contributed by atoms with Crippen molar-refractivity contribution < 1.29 is 37.7 Å². The van der Waals surface area contributed by atoms with Crippen LogP contribution in [0, 0.1) is 5.82 Å². The van der Waals surface area contributed by atoms with Gasteiger partial charge in [-0.2, -0.15) is 5.10 Å². The minimum absolute atomic E-state index is 0.0141. The molecule has 7 N–H and O–H groups in total. The van der Waals surface area contributed by atoms with E-state index >= 15 is 0 Å². The van der Waals surface area contributed by atoms with Gasteiger partial charge in [0.15, 0.2) is 18.1 Å². The molecule has 0 bridgehead atoms. The van der Waals surface area contributed by atoms with Gasteiger partial charge in [0.25, 0.3) is 0 Å². The van der Waals surface area contributed by atoms with E-state index in [-0.39, 0.29) is 39.3 Å². The standard InChI is InChI=1S/C17H14FN6O7P/c18-11-2-12(19)9(17(25)26)1-8(11)14-13-15(31-23-16(13)20)10(4-21-14)7-3-22-24(5-7)6-30-32(27,28)29/h1-5H,6,19H2,(H2,20,23)(H,25,26)(H2,27,28,29). The van der Waals surface area contributed by atoms with Crippen LogP contribution in [0.3, 0.4) is 0 Å². The normalized spacial score (nSPS) is 11.8. The van der Waals surface area contributed by atoms with E-state index in [1.54, 1.807) is 0 Å². The van der Waals surface area contributed by atoms with E-state index in [9.17, 15) is 18.9 Å². The number of anilines is 2. The Morgan fingerprint density at radius 1 is 1.25 bits per heavy atom. The molecule has 0 unspecified atom stereocenters. The van der Waals surface area contributed by atoms with Crippen LogP contribution in [0.5, 0.6) is 0 Å². The lowest BCUT2D eigenvalue weighted by molar-refractivity contribution is 0.0698. The molecule has 0 aliphatic heterocycles. The van der Waals surface area contributed by atoms with Gasteiger partial charge in [-0.15, -0.1) is 0 Å². The van der Waals surface area contributed by atoms with Crippen molar-refractivity contribution in [3.05, 3.63) is 42.1 Å². The minimum atomic E-state index is -4.69. The fourth-order valence-corrected chi connectivity index (χ4v) is 3.31. The average molecular weight is 464 g/mol. The molecular weight excluding hydrogens is 450 g/mol.